The fourth-order valence-corrected chi connectivity index (χ4v) is 6.16. The van der Waals surface area contributed by atoms with Crippen LogP contribution in [0.1, 0.15) is 45.1 Å². The molecule has 1 aliphatic heterocycles. The summed E-state index contributed by atoms with van der Waals surface area (Å²) >= 11 is 0.970. The van der Waals surface area contributed by atoms with Crippen LogP contribution in [0.3, 0.4) is 0 Å². The predicted octanol–water partition coefficient (Wildman–Crippen LogP) is 7.39. The van der Waals surface area contributed by atoms with Crippen molar-refractivity contribution in [3.05, 3.63) is 115 Å². The quantitative estimate of drug-likeness (QED) is 0.119. The SMILES string of the molecule is CCCC(C)=C(C=CC1=CS(=O)C=C1CCc1ccccc1)OCCCOc1ccc(-c2sc(=O)[nH]c2O)cc1. The molecule has 210 valence electrons. The van der Waals surface area contributed by atoms with Crippen molar-refractivity contribution in [2.45, 2.75) is 46.0 Å². The Morgan fingerprint density at radius 1 is 1.05 bits per heavy atom. The molecule has 0 spiro atoms. The highest BCUT2D eigenvalue weighted by Gasteiger charge is 2.13. The Labute approximate surface area is 241 Å². The summed E-state index contributed by atoms with van der Waals surface area (Å²) in [6, 6.07) is 17.6. The van der Waals surface area contributed by atoms with Gasteiger partial charge in [-0.25, -0.2) is 0 Å². The maximum absolute atomic E-state index is 12.3. The van der Waals surface area contributed by atoms with E-state index in [1.807, 2.05) is 60.0 Å². The first kappa shape index (κ1) is 29.4. The highest BCUT2D eigenvalue weighted by Crippen LogP contribution is 2.31. The molecule has 6 nitrogen and oxygen atoms in total. The van der Waals surface area contributed by atoms with Crippen LogP contribution in [-0.4, -0.2) is 27.5 Å². The van der Waals surface area contributed by atoms with Crippen LogP contribution in [0.25, 0.3) is 10.4 Å². The van der Waals surface area contributed by atoms with E-state index in [1.54, 1.807) is 5.41 Å². The molecule has 0 amide bonds. The Kier molecular flexibility index (Phi) is 10.8. The van der Waals surface area contributed by atoms with Crippen LogP contribution < -0.4 is 9.61 Å². The van der Waals surface area contributed by atoms with Crippen LogP contribution >= 0.6 is 11.3 Å². The molecule has 0 saturated carbocycles. The Balaban J connectivity index is 1.29. The smallest absolute Gasteiger partial charge is 0.307 e. The van der Waals surface area contributed by atoms with E-state index in [1.165, 1.54) is 11.1 Å². The molecular weight excluding hydrogens is 542 g/mol. The van der Waals surface area contributed by atoms with Crippen LogP contribution in [0, 0.1) is 0 Å². The molecule has 2 aromatic carbocycles. The number of H-pyrrole nitrogens is 1. The summed E-state index contributed by atoms with van der Waals surface area (Å²) in [5.41, 5.74) is 5.30. The number of hydrogen-bond donors (Lipinski definition) is 2. The molecule has 8 heteroatoms. The van der Waals surface area contributed by atoms with Crippen molar-refractivity contribution in [2.24, 2.45) is 0 Å². The highest BCUT2D eigenvalue weighted by atomic mass is 32.2. The number of aromatic hydroxyl groups is 1. The monoisotopic (exact) mass is 577 g/mol. The van der Waals surface area contributed by atoms with Gasteiger partial charge in [0, 0.05) is 17.2 Å². The van der Waals surface area contributed by atoms with Crippen LogP contribution in [-0.2, 0) is 22.0 Å². The van der Waals surface area contributed by atoms with Gasteiger partial charge in [0.2, 0.25) is 5.88 Å². The minimum absolute atomic E-state index is 0.117. The number of rotatable bonds is 14. The Bertz CT molecular complexity index is 1480. The summed E-state index contributed by atoms with van der Waals surface area (Å²) in [6.45, 7) is 5.23. The Morgan fingerprint density at radius 2 is 1.82 bits per heavy atom. The van der Waals surface area contributed by atoms with E-state index in [9.17, 15) is 14.1 Å². The first-order valence-corrected chi connectivity index (χ1v) is 15.5. The second-order valence-corrected chi connectivity index (χ2v) is 11.6. The molecule has 2 heterocycles. The average molecular weight is 578 g/mol. The molecule has 4 rings (SSSR count). The van der Waals surface area contributed by atoms with Gasteiger partial charge in [-0.3, -0.25) is 14.0 Å². The lowest BCUT2D eigenvalue weighted by atomic mass is 10.00. The average Bonchev–Trinajstić information content (AvgIpc) is 3.49. The molecule has 0 fully saturated rings. The van der Waals surface area contributed by atoms with E-state index >= 15 is 0 Å². The minimum Gasteiger partial charge on any atom is -0.494 e. The van der Waals surface area contributed by atoms with Gasteiger partial charge in [-0.2, -0.15) is 0 Å². The molecule has 1 atom stereocenters. The zero-order chi connectivity index (χ0) is 28.3. The first-order valence-electron chi connectivity index (χ1n) is 13.4. The largest absolute Gasteiger partial charge is 0.494 e. The molecule has 0 saturated heterocycles. The van der Waals surface area contributed by atoms with Gasteiger partial charge in [0.15, 0.2) is 0 Å². The lowest BCUT2D eigenvalue weighted by Gasteiger charge is -2.12. The van der Waals surface area contributed by atoms with E-state index in [4.69, 9.17) is 9.47 Å². The fraction of sp³-hybridized carbons (Fsp3) is 0.281. The maximum Gasteiger partial charge on any atom is 0.307 e. The lowest BCUT2D eigenvalue weighted by molar-refractivity contribution is 0.189. The third-order valence-corrected chi connectivity index (χ3v) is 8.34. The summed E-state index contributed by atoms with van der Waals surface area (Å²) in [7, 11) is -1.08. The predicted molar refractivity (Wildman–Crippen MR) is 164 cm³/mol. The molecule has 0 radical (unpaired) electrons. The second kappa shape index (κ2) is 14.7. The number of nitrogens with one attached hydrogen (secondary N) is 1. The summed E-state index contributed by atoms with van der Waals surface area (Å²) in [5, 5.41) is 13.5. The molecule has 1 aromatic heterocycles. The molecule has 1 unspecified atom stereocenters. The van der Waals surface area contributed by atoms with Gasteiger partial charge in [0.25, 0.3) is 0 Å². The zero-order valence-corrected chi connectivity index (χ0v) is 24.5. The van der Waals surface area contributed by atoms with E-state index < -0.39 is 10.8 Å². The molecule has 0 aliphatic carbocycles. The van der Waals surface area contributed by atoms with Crippen molar-refractivity contribution in [1.29, 1.82) is 0 Å². The zero-order valence-electron chi connectivity index (χ0n) is 22.9. The van der Waals surface area contributed by atoms with Gasteiger partial charge in [-0.15, -0.1) is 0 Å². The molecule has 3 aromatic rings. The number of thiazole rings is 1. The number of ether oxygens (including phenoxy) is 2. The first-order chi connectivity index (χ1) is 19.4. The summed E-state index contributed by atoms with van der Waals surface area (Å²) in [5.74, 6) is 1.44. The molecular formula is C32H35NO5S2. The van der Waals surface area contributed by atoms with Crippen molar-refractivity contribution >= 4 is 22.1 Å². The minimum atomic E-state index is -1.08. The number of hydrogen-bond acceptors (Lipinski definition) is 6. The van der Waals surface area contributed by atoms with E-state index in [0.29, 0.717) is 30.3 Å². The van der Waals surface area contributed by atoms with Crippen LogP contribution in [0.15, 0.2) is 105 Å². The molecule has 0 bridgehead atoms. The number of benzene rings is 2. The van der Waals surface area contributed by atoms with Crippen molar-refractivity contribution in [1.82, 2.24) is 4.98 Å². The molecule has 2 N–H and O–H groups in total. The van der Waals surface area contributed by atoms with Crippen molar-refractivity contribution in [3.63, 3.8) is 0 Å². The third kappa shape index (κ3) is 8.44. The van der Waals surface area contributed by atoms with Gasteiger partial charge < -0.3 is 14.6 Å². The van der Waals surface area contributed by atoms with Crippen molar-refractivity contribution in [2.75, 3.05) is 13.2 Å². The van der Waals surface area contributed by atoms with E-state index in [2.05, 4.69) is 31.0 Å². The van der Waals surface area contributed by atoms with E-state index in [0.717, 1.165) is 59.5 Å². The van der Waals surface area contributed by atoms with Crippen LogP contribution in [0.5, 0.6) is 11.6 Å². The molecule has 1 aliphatic rings. The standard InChI is InChI=1S/C32H35NO5S2/c1-3-8-23(2)29(18-15-27-22-40(36)21-26(27)12-11-24-9-5-4-6-10-24)38-20-7-19-37-28-16-13-25(14-17-28)30-31(34)33-32(35)39-30/h4-6,9-10,13-18,21-22,34H,3,7-8,11-12,19-20H2,1-2H3,(H,33,35). The third-order valence-electron chi connectivity index (χ3n) is 6.42. The van der Waals surface area contributed by atoms with Gasteiger partial charge in [-0.1, -0.05) is 61.1 Å². The Morgan fingerprint density at radius 3 is 2.52 bits per heavy atom. The van der Waals surface area contributed by atoms with Crippen LogP contribution in [0.2, 0.25) is 0 Å². The van der Waals surface area contributed by atoms with Gasteiger partial charge in [0.1, 0.15) is 11.5 Å². The Hall–Kier alpha value is -3.62. The van der Waals surface area contributed by atoms with Gasteiger partial charge in [-0.05, 0) is 84.4 Å². The summed E-state index contributed by atoms with van der Waals surface area (Å²) in [6.07, 6.45) is 8.43. The van der Waals surface area contributed by atoms with Gasteiger partial charge in [0.05, 0.1) is 28.9 Å². The number of aromatic amines is 1. The highest BCUT2D eigenvalue weighted by molar-refractivity contribution is 7.91. The fourth-order valence-electron chi connectivity index (χ4n) is 4.34. The van der Waals surface area contributed by atoms with Crippen LogP contribution in [0.4, 0.5) is 0 Å². The summed E-state index contributed by atoms with van der Waals surface area (Å²) in [4.78, 5) is 14.0. The second-order valence-electron chi connectivity index (χ2n) is 9.53. The number of aryl methyl sites for hydroxylation is 1. The maximum atomic E-state index is 12.3. The van der Waals surface area contributed by atoms with Crippen molar-refractivity contribution < 1.29 is 18.8 Å². The number of aromatic nitrogens is 1. The lowest BCUT2D eigenvalue weighted by Crippen LogP contribution is -2.04. The number of allylic oxidation sites excluding steroid dienone is 5. The summed E-state index contributed by atoms with van der Waals surface area (Å²) < 4.78 is 24.3. The molecule has 40 heavy (non-hydrogen) atoms. The van der Waals surface area contributed by atoms with Gasteiger partial charge >= 0.3 is 4.87 Å². The topological polar surface area (TPSA) is 88.6 Å². The van der Waals surface area contributed by atoms with Crippen molar-refractivity contribution in [3.8, 4) is 22.1 Å². The van der Waals surface area contributed by atoms with E-state index in [-0.39, 0.29) is 10.8 Å². The normalized spacial score (nSPS) is 15.6.